The molecule has 0 saturated heterocycles. The normalized spacial score (nSPS) is 16.5. The van der Waals surface area contributed by atoms with Crippen molar-refractivity contribution < 1.29 is 42.1 Å². The van der Waals surface area contributed by atoms with Gasteiger partial charge < -0.3 is 40.0 Å². The van der Waals surface area contributed by atoms with Crippen LogP contribution in [0, 0.1) is 25.5 Å². The third kappa shape index (κ3) is 7.77. The Labute approximate surface area is 567 Å². The first-order chi connectivity index (χ1) is 44.1. The smallest absolute Gasteiger partial charge is 0.0688 e. The Morgan fingerprint density at radius 1 is 0.337 bits per heavy atom. The predicted octanol–water partition coefficient (Wildman–Crippen LogP) is 16.2. The fourth-order valence-corrected chi connectivity index (χ4v) is 16.6. The molecule has 0 fully saturated rings. The van der Waals surface area contributed by atoms with Gasteiger partial charge in [0.2, 0.25) is 0 Å². The van der Waals surface area contributed by atoms with Crippen molar-refractivity contribution in [2.75, 3.05) is 14.1 Å². The number of hydrogen-bond donors (Lipinski definition) is 0. The maximum Gasteiger partial charge on any atom is 0.0688 e. The second-order valence-corrected chi connectivity index (χ2v) is 24.6. The van der Waals surface area contributed by atoms with Gasteiger partial charge in [0.1, 0.15) is 0 Å². The molecule has 12 aromatic rings. The SMILES string of the molecule is CC1=C(C)N(C2(c3[c-]c(C4(c5cc[n-]n5)c5ccccc5-c5ccccc54)ccc3)c3ccccc3-c3ccccc32)[CH-]N1C.CC1=C(C)N(C2(c3c[c-]c(C4(c5cc[n-]n5)c5ccccc5-c5ccccc54)cc3)c3ccccc3-c3ccccc32)[CH-]N1C.[Pt].[Pt]. The standard InChI is InChI=1S/2C41H31N4.2Pt/c1-27-28(2)45(26-44(27)3)41(37-21-10-6-17-33(37)34-18-7-11-22-38(34)41)30-14-12-13-29(25-30)40(39-23-24-42-43-39)35-19-8-4-15-31(35)32-16-5-9-20-36(32)40;1-27-28(2)45(26-44(27)3)41(37-18-10-6-14-33(37)34-15-7-11-19-38(34)41)30-22-20-29(21-23-30)40(39-24-25-42-43-39)35-16-8-4-12-31(35)32-13-5-9-17-36(32)40;;/h4-24,26H,1-3H3;4-20,22-26H,1-3H3;;/q2*-3;;. The van der Waals surface area contributed by atoms with Crippen LogP contribution in [0.5, 0.6) is 0 Å². The van der Waals surface area contributed by atoms with E-state index < -0.39 is 21.9 Å². The van der Waals surface area contributed by atoms with E-state index in [1.807, 2.05) is 0 Å². The van der Waals surface area contributed by atoms with Crippen LogP contribution < -0.4 is 10.2 Å². The Morgan fingerprint density at radius 3 is 1.00 bits per heavy atom. The number of nitrogens with zero attached hydrogens (tertiary/aromatic N) is 8. The summed E-state index contributed by atoms with van der Waals surface area (Å²) in [6, 6.07) is 96.0. The molecule has 0 N–H and O–H groups in total. The molecule has 10 heteroatoms. The molecule has 0 spiro atoms. The zero-order chi connectivity index (χ0) is 60.7. The van der Waals surface area contributed by atoms with Crippen molar-refractivity contribution in [3.05, 3.63) is 381 Å². The van der Waals surface area contributed by atoms with E-state index >= 15 is 0 Å². The summed E-state index contributed by atoms with van der Waals surface area (Å²) in [5, 5.41) is 18.2. The summed E-state index contributed by atoms with van der Waals surface area (Å²) >= 11 is 0. The van der Waals surface area contributed by atoms with E-state index in [4.69, 9.17) is 10.2 Å². The van der Waals surface area contributed by atoms with Gasteiger partial charge in [-0.3, -0.25) is 0 Å². The molecular formula is C82H62N8Pt2-6. The summed E-state index contributed by atoms with van der Waals surface area (Å²) in [7, 11) is 4.27. The molecule has 0 radical (unpaired) electrons. The van der Waals surface area contributed by atoms with Gasteiger partial charge in [-0.25, -0.2) is 0 Å². The molecule has 456 valence electrons. The van der Waals surface area contributed by atoms with Crippen LogP contribution >= 0.6 is 0 Å². The summed E-state index contributed by atoms with van der Waals surface area (Å²) in [6.45, 7) is 13.4. The zero-order valence-corrected chi connectivity index (χ0v) is 56.2. The number of allylic oxidation sites excluding steroid dienone is 4. The van der Waals surface area contributed by atoms with Crippen LogP contribution in [0.15, 0.2) is 278 Å². The summed E-state index contributed by atoms with van der Waals surface area (Å²) in [5.74, 6) is 0. The number of aromatic nitrogens is 4. The van der Waals surface area contributed by atoms with Gasteiger partial charge in [-0.05, 0) is 154 Å². The predicted molar refractivity (Wildman–Crippen MR) is 355 cm³/mol. The quantitative estimate of drug-likeness (QED) is 0.139. The number of benzene rings is 10. The number of rotatable bonds is 8. The monoisotopic (exact) mass is 1550 g/mol. The van der Waals surface area contributed by atoms with Crippen molar-refractivity contribution in [3.63, 3.8) is 0 Å². The van der Waals surface area contributed by atoms with E-state index in [9.17, 15) is 0 Å². The number of fused-ring (bicyclic) bond motifs is 12. The molecular weight excluding hydrogens is 1490 g/mol. The summed E-state index contributed by atoms with van der Waals surface area (Å²) in [6.07, 6.45) is 3.61. The molecule has 0 saturated carbocycles. The fraction of sp³-hybridized carbons (Fsp3) is 0.122. The summed E-state index contributed by atoms with van der Waals surface area (Å²) in [4.78, 5) is 9.39. The first-order valence-corrected chi connectivity index (χ1v) is 31.0. The van der Waals surface area contributed by atoms with Crippen molar-refractivity contribution in [2.24, 2.45) is 0 Å². The maximum atomic E-state index is 4.77. The Kier molecular flexibility index (Phi) is 14.3. The first kappa shape index (κ1) is 59.0. The van der Waals surface area contributed by atoms with Gasteiger partial charge in [0.15, 0.2) is 0 Å². The van der Waals surface area contributed by atoms with Gasteiger partial charge in [0, 0.05) is 59.1 Å². The van der Waals surface area contributed by atoms with E-state index in [2.05, 4.69) is 340 Å². The van der Waals surface area contributed by atoms with Crippen molar-refractivity contribution in [2.45, 2.75) is 49.6 Å². The van der Waals surface area contributed by atoms with Gasteiger partial charge in [-0.15, -0.1) is 22.3 Å². The van der Waals surface area contributed by atoms with Gasteiger partial charge in [0.05, 0.1) is 16.4 Å². The van der Waals surface area contributed by atoms with Crippen molar-refractivity contribution in [1.82, 2.24) is 40.0 Å². The molecule has 4 aliphatic carbocycles. The van der Waals surface area contributed by atoms with E-state index in [1.165, 1.54) is 117 Å². The molecule has 4 heterocycles. The van der Waals surface area contributed by atoms with Gasteiger partial charge in [0.25, 0.3) is 0 Å². The second kappa shape index (κ2) is 22.2. The van der Waals surface area contributed by atoms with Gasteiger partial charge in [-0.1, -0.05) is 206 Å². The topological polar surface area (TPSA) is 66.9 Å². The number of hydrogen-bond acceptors (Lipinski definition) is 6. The Bertz CT molecular complexity index is 4740. The maximum absolute atomic E-state index is 4.77. The van der Waals surface area contributed by atoms with Crippen LogP contribution in [-0.2, 0) is 64.0 Å². The van der Waals surface area contributed by atoms with Crippen molar-refractivity contribution in [1.29, 1.82) is 0 Å². The third-order valence-corrected chi connectivity index (χ3v) is 20.8. The average Bonchev–Trinajstić information content (AvgIpc) is 1.53. The largest absolute Gasteiger partial charge is 0.581 e. The minimum atomic E-state index is -0.662. The molecule has 0 unspecified atom stereocenters. The molecule has 0 atom stereocenters. The van der Waals surface area contributed by atoms with Crippen molar-refractivity contribution in [3.8, 4) is 44.5 Å². The Hall–Kier alpha value is -9.32. The summed E-state index contributed by atoms with van der Waals surface area (Å²) < 4.78 is 0. The second-order valence-electron chi connectivity index (χ2n) is 24.6. The Balaban J connectivity index is 0.000000149. The van der Waals surface area contributed by atoms with E-state index in [0.29, 0.717) is 0 Å². The molecule has 92 heavy (non-hydrogen) atoms. The summed E-state index contributed by atoms with van der Waals surface area (Å²) in [5.41, 5.74) is 28.6. The van der Waals surface area contributed by atoms with Gasteiger partial charge in [-0.2, -0.15) is 74.3 Å². The van der Waals surface area contributed by atoms with Gasteiger partial charge >= 0.3 is 0 Å². The van der Waals surface area contributed by atoms with Crippen LogP contribution in [0.2, 0.25) is 0 Å². The molecule has 8 nitrogen and oxygen atoms in total. The van der Waals surface area contributed by atoms with E-state index in [1.54, 1.807) is 12.4 Å². The van der Waals surface area contributed by atoms with Crippen molar-refractivity contribution >= 4 is 0 Å². The third-order valence-electron chi connectivity index (χ3n) is 20.8. The van der Waals surface area contributed by atoms with Crippen LogP contribution in [0.25, 0.3) is 44.5 Å². The molecule has 2 aromatic heterocycles. The molecule has 0 amide bonds. The average molecular weight is 1550 g/mol. The van der Waals surface area contributed by atoms with Crippen LogP contribution in [0.3, 0.4) is 0 Å². The zero-order valence-electron chi connectivity index (χ0n) is 51.6. The molecule has 10 aromatic carbocycles. The molecule has 2 aliphatic heterocycles. The minimum absolute atomic E-state index is 0. The Morgan fingerprint density at radius 2 is 0.663 bits per heavy atom. The van der Waals surface area contributed by atoms with Crippen LogP contribution in [0.1, 0.15) is 106 Å². The van der Waals surface area contributed by atoms with Crippen LogP contribution in [0.4, 0.5) is 0 Å². The first-order valence-electron chi connectivity index (χ1n) is 31.0. The minimum Gasteiger partial charge on any atom is -0.581 e. The molecule has 18 rings (SSSR count). The van der Waals surface area contributed by atoms with E-state index in [0.717, 1.165) is 28.1 Å². The molecule has 6 aliphatic rings. The van der Waals surface area contributed by atoms with Crippen LogP contribution in [-0.4, -0.2) is 43.9 Å². The fourth-order valence-electron chi connectivity index (χ4n) is 16.6. The van der Waals surface area contributed by atoms with E-state index in [-0.39, 0.29) is 42.1 Å². The molecule has 0 bridgehead atoms.